The predicted octanol–water partition coefficient (Wildman–Crippen LogP) is 2.69. The largest absolute Gasteiger partial charge is 0.329 e. The van der Waals surface area contributed by atoms with E-state index in [-0.39, 0.29) is 0 Å². The molecule has 0 aliphatic carbocycles. The summed E-state index contributed by atoms with van der Waals surface area (Å²) in [6, 6.07) is 5.67. The first-order valence-electron chi connectivity index (χ1n) is 4.91. The molecule has 0 fully saturated rings. The molecule has 0 radical (unpaired) electrons. The molecular weight excluding hydrogens is 220 g/mol. The maximum atomic E-state index is 10.6. The Hall–Kier alpha value is -1.55. The number of rotatable bonds is 3. The lowest BCUT2D eigenvalue weighted by Gasteiger charge is -2.05. The molecular formula is C12H12N2OS. The minimum Gasteiger partial charge on any atom is -0.329 e. The Morgan fingerprint density at radius 2 is 2.25 bits per heavy atom. The lowest BCUT2D eigenvalue weighted by atomic mass is 10.2. The molecule has 0 saturated heterocycles. The number of carbonyl (C=O) groups is 1. The molecule has 3 nitrogen and oxygen atoms in total. The third kappa shape index (κ3) is 2.17. The van der Waals surface area contributed by atoms with E-state index in [0.717, 1.165) is 21.9 Å². The Kier molecular flexibility index (Phi) is 3.10. The number of aromatic nitrogens is 2. The molecule has 16 heavy (non-hydrogen) atoms. The Bertz CT molecular complexity index is 519. The van der Waals surface area contributed by atoms with Crippen molar-refractivity contribution in [3.63, 3.8) is 0 Å². The summed E-state index contributed by atoms with van der Waals surface area (Å²) in [5, 5.41) is 0.946. The van der Waals surface area contributed by atoms with Gasteiger partial charge in [0.25, 0.3) is 0 Å². The number of nitrogens with zero attached hydrogens (tertiary/aromatic N) is 2. The van der Waals surface area contributed by atoms with Crippen molar-refractivity contribution >= 4 is 18.0 Å². The van der Waals surface area contributed by atoms with Gasteiger partial charge in [0.05, 0.1) is 0 Å². The summed E-state index contributed by atoms with van der Waals surface area (Å²) < 4.78 is 1.97. The summed E-state index contributed by atoms with van der Waals surface area (Å²) in [5.74, 6) is 0. The molecule has 0 bridgehead atoms. The van der Waals surface area contributed by atoms with Gasteiger partial charge in [-0.2, -0.15) is 0 Å². The summed E-state index contributed by atoms with van der Waals surface area (Å²) in [4.78, 5) is 16.0. The molecule has 4 heteroatoms. The van der Waals surface area contributed by atoms with Gasteiger partial charge in [-0.1, -0.05) is 17.8 Å². The first kappa shape index (κ1) is 11.0. The van der Waals surface area contributed by atoms with Crippen LogP contribution >= 0.6 is 11.8 Å². The minimum atomic E-state index is 0.710. The van der Waals surface area contributed by atoms with Crippen molar-refractivity contribution in [1.82, 2.24) is 9.55 Å². The fraction of sp³-hybridized carbons (Fsp3) is 0.167. The quantitative estimate of drug-likeness (QED) is 0.763. The van der Waals surface area contributed by atoms with E-state index in [1.807, 2.05) is 42.9 Å². The van der Waals surface area contributed by atoms with E-state index in [2.05, 4.69) is 4.98 Å². The Morgan fingerprint density at radius 1 is 1.44 bits per heavy atom. The van der Waals surface area contributed by atoms with E-state index < -0.39 is 0 Å². The minimum absolute atomic E-state index is 0.710. The maximum absolute atomic E-state index is 10.6. The molecule has 0 unspecified atom stereocenters. The molecule has 1 aromatic carbocycles. The van der Waals surface area contributed by atoms with Crippen LogP contribution in [-0.4, -0.2) is 15.8 Å². The average molecular weight is 232 g/mol. The van der Waals surface area contributed by atoms with E-state index in [9.17, 15) is 4.79 Å². The van der Waals surface area contributed by atoms with E-state index in [4.69, 9.17) is 0 Å². The van der Waals surface area contributed by atoms with Gasteiger partial charge in [0.1, 0.15) is 6.29 Å². The van der Waals surface area contributed by atoms with Gasteiger partial charge < -0.3 is 4.57 Å². The Labute approximate surface area is 98.5 Å². The standard InChI is InChI=1S/C12H12N2OS/c1-9-7-10(8-15)3-4-11(9)16-12-13-5-6-14(12)2/h3-8H,1-2H3. The van der Waals surface area contributed by atoms with Crippen molar-refractivity contribution in [2.45, 2.75) is 17.0 Å². The molecule has 0 saturated carbocycles. The normalized spacial score (nSPS) is 10.4. The predicted molar refractivity (Wildman–Crippen MR) is 63.9 cm³/mol. The maximum Gasteiger partial charge on any atom is 0.172 e. The summed E-state index contributed by atoms with van der Waals surface area (Å²) in [7, 11) is 1.96. The summed E-state index contributed by atoms with van der Waals surface area (Å²) in [6.45, 7) is 2.00. The number of aldehydes is 1. The van der Waals surface area contributed by atoms with Crippen LogP contribution in [0.1, 0.15) is 15.9 Å². The van der Waals surface area contributed by atoms with Crippen LogP contribution in [0.4, 0.5) is 0 Å². The van der Waals surface area contributed by atoms with Gasteiger partial charge in [-0.05, 0) is 24.6 Å². The zero-order valence-electron chi connectivity index (χ0n) is 9.18. The van der Waals surface area contributed by atoms with Crippen molar-refractivity contribution < 1.29 is 4.79 Å². The Balaban J connectivity index is 2.29. The monoisotopic (exact) mass is 232 g/mol. The van der Waals surface area contributed by atoms with E-state index in [1.54, 1.807) is 18.0 Å². The fourth-order valence-electron chi connectivity index (χ4n) is 1.41. The zero-order chi connectivity index (χ0) is 11.5. The second-order valence-corrected chi connectivity index (χ2v) is 4.57. The summed E-state index contributed by atoms with van der Waals surface area (Å²) in [5.41, 5.74) is 1.80. The van der Waals surface area contributed by atoms with Crippen LogP contribution < -0.4 is 0 Å². The van der Waals surface area contributed by atoms with Gasteiger partial charge >= 0.3 is 0 Å². The highest BCUT2D eigenvalue weighted by Gasteiger charge is 2.05. The van der Waals surface area contributed by atoms with Crippen molar-refractivity contribution in [3.05, 3.63) is 41.7 Å². The van der Waals surface area contributed by atoms with Crippen LogP contribution in [-0.2, 0) is 7.05 Å². The number of hydrogen-bond acceptors (Lipinski definition) is 3. The highest BCUT2D eigenvalue weighted by Crippen LogP contribution is 2.28. The molecule has 1 heterocycles. The number of benzene rings is 1. The van der Waals surface area contributed by atoms with Gasteiger partial charge in [-0.3, -0.25) is 4.79 Å². The molecule has 0 aliphatic heterocycles. The first-order valence-corrected chi connectivity index (χ1v) is 5.73. The van der Waals surface area contributed by atoms with E-state index >= 15 is 0 Å². The lowest BCUT2D eigenvalue weighted by molar-refractivity contribution is 0.112. The van der Waals surface area contributed by atoms with Gasteiger partial charge in [-0.25, -0.2) is 4.98 Å². The Morgan fingerprint density at radius 3 is 2.81 bits per heavy atom. The van der Waals surface area contributed by atoms with Crippen LogP contribution in [0.3, 0.4) is 0 Å². The highest BCUT2D eigenvalue weighted by molar-refractivity contribution is 7.99. The van der Waals surface area contributed by atoms with Crippen molar-refractivity contribution in [2.75, 3.05) is 0 Å². The summed E-state index contributed by atoms with van der Waals surface area (Å²) >= 11 is 1.60. The second-order valence-electron chi connectivity index (χ2n) is 3.57. The van der Waals surface area contributed by atoms with Crippen molar-refractivity contribution in [1.29, 1.82) is 0 Å². The molecule has 2 rings (SSSR count). The smallest absolute Gasteiger partial charge is 0.172 e. The molecule has 0 spiro atoms. The van der Waals surface area contributed by atoms with Crippen molar-refractivity contribution in [3.8, 4) is 0 Å². The van der Waals surface area contributed by atoms with Gasteiger partial charge in [0.2, 0.25) is 0 Å². The third-order valence-corrected chi connectivity index (χ3v) is 3.57. The molecule has 0 aliphatic rings. The molecule has 82 valence electrons. The van der Waals surface area contributed by atoms with E-state index in [1.165, 1.54) is 0 Å². The zero-order valence-corrected chi connectivity index (χ0v) is 9.99. The average Bonchev–Trinajstić information content (AvgIpc) is 2.67. The fourth-order valence-corrected chi connectivity index (χ4v) is 2.28. The topological polar surface area (TPSA) is 34.9 Å². The molecule has 0 N–H and O–H groups in total. The summed E-state index contributed by atoms with van der Waals surface area (Å²) in [6.07, 6.45) is 4.55. The number of imidazole rings is 1. The van der Waals surface area contributed by atoms with Crippen LogP contribution in [0.15, 0.2) is 40.6 Å². The van der Waals surface area contributed by atoms with Gasteiger partial charge in [0, 0.05) is 29.9 Å². The van der Waals surface area contributed by atoms with Crippen LogP contribution in [0.5, 0.6) is 0 Å². The molecule has 0 atom stereocenters. The molecule has 0 amide bonds. The first-order chi connectivity index (χ1) is 7.70. The van der Waals surface area contributed by atoms with Crippen LogP contribution in [0.25, 0.3) is 0 Å². The van der Waals surface area contributed by atoms with Crippen LogP contribution in [0.2, 0.25) is 0 Å². The van der Waals surface area contributed by atoms with Crippen LogP contribution in [0, 0.1) is 6.92 Å². The number of carbonyl (C=O) groups excluding carboxylic acids is 1. The van der Waals surface area contributed by atoms with E-state index in [0.29, 0.717) is 5.56 Å². The SMILES string of the molecule is Cc1cc(C=O)ccc1Sc1nccn1C. The second kappa shape index (κ2) is 4.53. The third-order valence-electron chi connectivity index (χ3n) is 2.31. The number of hydrogen-bond donors (Lipinski definition) is 0. The van der Waals surface area contributed by atoms with Gasteiger partial charge in [-0.15, -0.1) is 0 Å². The lowest BCUT2D eigenvalue weighted by Crippen LogP contribution is -1.90. The molecule has 2 aromatic rings. The number of aryl methyl sites for hydroxylation is 2. The molecule has 1 aromatic heterocycles. The van der Waals surface area contributed by atoms with Crippen molar-refractivity contribution in [2.24, 2.45) is 7.05 Å². The van der Waals surface area contributed by atoms with Gasteiger partial charge in [0.15, 0.2) is 5.16 Å². The highest BCUT2D eigenvalue weighted by atomic mass is 32.2.